The highest BCUT2D eigenvalue weighted by atomic mass is 16.5. The van der Waals surface area contributed by atoms with Gasteiger partial charge in [0.1, 0.15) is 0 Å². The SMILES string of the molecule is CCNC(=O)c1ccc(N2CCOCC2CC(=O)O)nn1. The van der Waals surface area contributed by atoms with Gasteiger partial charge in [0.15, 0.2) is 11.5 Å². The van der Waals surface area contributed by atoms with Crippen LogP contribution in [0.1, 0.15) is 23.8 Å². The Bertz CT molecular complexity index is 505. The number of anilines is 1. The smallest absolute Gasteiger partial charge is 0.305 e. The summed E-state index contributed by atoms with van der Waals surface area (Å²) in [5.74, 6) is -0.611. The van der Waals surface area contributed by atoms with Gasteiger partial charge in [-0.15, -0.1) is 10.2 Å². The van der Waals surface area contributed by atoms with Crippen molar-refractivity contribution in [3.05, 3.63) is 17.8 Å². The fraction of sp³-hybridized carbons (Fsp3) is 0.538. The number of carbonyl (C=O) groups is 2. The summed E-state index contributed by atoms with van der Waals surface area (Å²) in [5.41, 5.74) is 0.239. The van der Waals surface area contributed by atoms with E-state index in [2.05, 4.69) is 15.5 Å². The number of aromatic nitrogens is 2. The molecule has 0 saturated carbocycles. The van der Waals surface area contributed by atoms with Crippen LogP contribution in [0.5, 0.6) is 0 Å². The first kappa shape index (κ1) is 15.2. The van der Waals surface area contributed by atoms with Crippen LogP contribution in [0.4, 0.5) is 5.82 Å². The molecule has 1 aliphatic rings. The van der Waals surface area contributed by atoms with E-state index in [4.69, 9.17) is 9.84 Å². The van der Waals surface area contributed by atoms with E-state index >= 15 is 0 Å². The van der Waals surface area contributed by atoms with Gasteiger partial charge in [0.05, 0.1) is 25.7 Å². The first-order valence-corrected chi connectivity index (χ1v) is 6.80. The summed E-state index contributed by atoms with van der Waals surface area (Å²) in [6, 6.07) is 2.99. The molecule has 1 aromatic rings. The number of amides is 1. The second-order valence-electron chi connectivity index (χ2n) is 4.66. The molecule has 1 aromatic heterocycles. The fourth-order valence-electron chi connectivity index (χ4n) is 2.18. The topological polar surface area (TPSA) is 105 Å². The Hall–Kier alpha value is -2.22. The average Bonchev–Trinajstić information content (AvgIpc) is 2.48. The number of hydrogen-bond acceptors (Lipinski definition) is 6. The van der Waals surface area contributed by atoms with Crippen LogP contribution in [-0.2, 0) is 9.53 Å². The van der Waals surface area contributed by atoms with Gasteiger partial charge in [-0.25, -0.2) is 0 Å². The Morgan fingerprint density at radius 3 is 2.90 bits per heavy atom. The van der Waals surface area contributed by atoms with Gasteiger partial charge in [-0.2, -0.15) is 0 Å². The summed E-state index contributed by atoms with van der Waals surface area (Å²) < 4.78 is 5.31. The predicted molar refractivity (Wildman–Crippen MR) is 74.2 cm³/mol. The third kappa shape index (κ3) is 3.88. The van der Waals surface area contributed by atoms with Crippen molar-refractivity contribution in [1.82, 2.24) is 15.5 Å². The Morgan fingerprint density at radius 2 is 2.29 bits per heavy atom. The summed E-state index contributed by atoms with van der Waals surface area (Å²) in [5, 5.41) is 19.5. The summed E-state index contributed by atoms with van der Waals surface area (Å²) in [4.78, 5) is 24.4. The van der Waals surface area contributed by atoms with Gasteiger partial charge in [-0.05, 0) is 19.1 Å². The highest BCUT2D eigenvalue weighted by molar-refractivity contribution is 5.92. The second-order valence-corrected chi connectivity index (χ2v) is 4.66. The molecule has 1 fully saturated rings. The van der Waals surface area contributed by atoms with Gasteiger partial charge >= 0.3 is 5.97 Å². The molecule has 21 heavy (non-hydrogen) atoms. The Balaban J connectivity index is 2.12. The maximum atomic E-state index is 11.6. The standard InChI is InChI=1S/C13H18N4O4/c1-2-14-13(20)10-3-4-11(16-15-10)17-5-6-21-8-9(17)7-12(18)19/h3-4,9H,2,5-8H2,1H3,(H,14,20)(H,18,19). The molecular weight excluding hydrogens is 276 g/mol. The summed E-state index contributed by atoms with van der Waals surface area (Å²) in [6.07, 6.45) is -0.0280. The molecule has 2 N–H and O–H groups in total. The Morgan fingerprint density at radius 1 is 1.48 bits per heavy atom. The van der Waals surface area contributed by atoms with E-state index in [1.807, 2.05) is 11.8 Å². The number of ether oxygens (including phenoxy) is 1. The molecule has 1 atom stereocenters. The van der Waals surface area contributed by atoms with Crippen molar-refractivity contribution < 1.29 is 19.4 Å². The molecular formula is C13H18N4O4. The van der Waals surface area contributed by atoms with Gasteiger partial charge in [0.25, 0.3) is 5.91 Å². The summed E-state index contributed by atoms with van der Waals surface area (Å²) in [6.45, 7) is 3.74. The van der Waals surface area contributed by atoms with Crippen molar-refractivity contribution >= 4 is 17.7 Å². The van der Waals surface area contributed by atoms with Crippen molar-refractivity contribution in [3.63, 3.8) is 0 Å². The van der Waals surface area contributed by atoms with E-state index in [1.165, 1.54) is 0 Å². The molecule has 8 nitrogen and oxygen atoms in total. The van der Waals surface area contributed by atoms with Crippen LogP contribution in [-0.4, -0.2) is 59.5 Å². The van der Waals surface area contributed by atoms with E-state index in [0.29, 0.717) is 32.1 Å². The number of nitrogens with zero attached hydrogens (tertiary/aromatic N) is 3. The number of carbonyl (C=O) groups excluding carboxylic acids is 1. The number of aliphatic carboxylic acids is 1. The van der Waals surface area contributed by atoms with Crippen molar-refractivity contribution in [3.8, 4) is 0 Å². The lowest BCUT2D eigenvalue weighted by Crippen LogP contribution is -2.47. The highest BCUT2D eigenvalue weighted by Gasteiger charge is 2.26. The molecule has 1 aliphatic heterocycles. The second kappa shape index (κ2) is 6.98. The fourth-order valence-corrected chi connectivity index (χ4v) is 2.18. The first-order valence-electron chi connectivity index (χ1n) is 6.80. The minimum atomic E-state index is -0.887. The van der Waals surface area contributed by atoms with E-state index < -0.39 is 5.97 Å². The summed E-state index contributed by atoms with van der Waals surface area (Å²) >= 11 is 0. The molecule has 0 radical (unpaired) electrons. The maximum absolute atomic E-state index is 11.6. The maximum Gasteiger partial charge on any atom is 0.305 e. The molecule has 114 valence electrons. The molecule has 2 rings (SSSR count). The van der Waals surface area contributed by atoms with Gasteiger partial charge in [0, 0.05) is 13.1 Å². The van der Waals surface area contributed by atoms with Crippen molar-refractivity contribution in [2.24, 2.45) is 0 Å². The van der Waals surface area contributed by atoms with Crippen LogP contribution in [0.25, 0.3) is 0 Å². The molecule has 2 heterocycles. The monoisotopic (exact) mass is 294 g/mol. The van der Waals surface area contributed by atoms with Gasteiger partial charge in [-0.3, -0.25) is 9.59 Å². The predicted octanol–water partition coefficient (Wildman–Crippen LogP) is -0.0938. The lowest BCUT2D eigenvalue weighted by atomic mass is 10.1. The number of hydrogen-bond donors (Lipinski definition) is 2. The van der Waals surface area contributed by atoms with E-state index in [-0.39, 0.29) is 24.1 Å². The summed E-state index contributed by atoms with van der Waals surface area (Å²) in [7, 11) is 0. The average molecular weight is 294 g/mol. The van der Waals surface area contributed by atoms with Crippen LogP contribution in [0.2, 0.25) is 0 Å². The first-order chi connectivity index (χ1) is 10.1. The van der Waals surface area contributed by atoms with E-state index in [1.54, 1.807) is 12.1 Å². The molecule has 0 aliphatic carbocycles. The third-order valence-corrected chi connectivity index (χ3v) is 3.15. The molecule has 0 spiro atoms. The number of morpholine rings is 1. The third-order valence-electron chi connectivity index (χ3n) is 3.15. The van der Waals surface area contributed by atoms with Crippen molar-refractivity contribution in [1.29, 1.82) is 0 Å². The molecule has 1 unspecified atom stereocenters. The minimum absolute atomic E-state index is 0.0280. The van der Waals surface area contributed by atoms with Crippen LogP contribution in [0.15, 0.2) is 12.1 Å². The zero-order valence-electron chi connectivity index (χ0n) is 11.8. The van der Waals surface area contributed by atoms with Gasteiger partial charge < -0.3 is 20.1 Å². The van der Waals surface area contributed by atoms with Gasteiger partial charge in [-0.1, -0.05) is 0 Å². The van der Waals surface area contributed by atoms with Crippen molar-refractivity contribution in [2.45, 2.75) is 19.4 Å². The molecule has 0 bridgehead atoms. The number of rotatable bonds is 5. The quantitative estimate of drug-likeness (QED) is 0.781. The number of nitrogens with one attached hydrogen (secondary N) is 1. The van der Waals surface area contributed by atoms with Crippen LogP contribution in [0, 0.1) is 0 Å². The zero-order chi connectivity index (χ0) is 15.2. The normalized spacial score (nSPS) is 18.3. The van der Waals surface area contributed by atoms with Crippen LogP contribution in [0.3, 0.4) is 0 Å². The van der Waals surface area contributed by atoms with Crippen LogP contribution >= 0.6 is 0 Å². The van der Waals surface area contributed by atoms with E-state index in [9.17, 15) is 9.59 Å². The molecule has 1 amide bonds. The molecule has 8 heteroatoms. The largest absolute Gasteiger partial charge is 0.481 e. The highest BCUT2D eigenvalue weighted by Crippen LogP contribution is 2.18. The zero-order valence-corrected chi connectivity index (χ0v) is 11.8. The number of carboxylic acids is 1. The number of carboxylic acid groups (broad SMARTS) is 1. The minimum Gasteiger partial charge on any atom is -0.481 e. The Kier molecular flexibility index (Phi) is 5.04. The lowest BCUT2D eigenvalue weighted by molar-refractivity contribution is -0.138. The van der Waals surface area contributed by atoms with Crippen LogP contribution < -0.4 is 10.2 Å². The van der Waals surface area contributed by atoms with E-state index in [0.717, 1.165) is 0 Å². The molecule has 0 aromatic carbocycles. The molecule has 1 saturated heterocycles. The van der Waals surface area contributed by atoms with Crippen molar-refractivity contribution in [2.75, 3.05) is 31.2 Å². The lowest BCUT2D eigenvalue weighted by Gasteiger charge is -2.35. The van der Waals surface area contributed by atoms with Gasteiger partial charge in [0.2, 0.25) is 0 Å². The Labute approximate surface area is 122 Å².